The van der Waals surface area contributed by atoms with Crippen molar-refractivity contribution < 1.29 is 0 Å². The summed E-state index contributed by atoms with van der Waals surface area (Å²) >= 11 is 0. The highest BCUT2D eigenvalue weighted by Gasteiger charge is 2.32. The van der Waals surface area contributed by atoms with Gasteiger partial charge in [0, 0.05) is 44.3 Å². The Bertz CT molecular complexity index is 519. The van der Waals surface area contributed by atoms with E-state index < -0.39 is 0 Å². The van der Waals surface area contributed by atoms with Gasteiger partial charge in [0.1, 0.15) is 0 Å². The Hall–Kier alpha value is -0.900. The van der Waals surface area contributed by atoms with E-state index in [0.29, 0.717) is 5.54 Å². The van der Waals surface area contributed by atoms with Crippen molar-refractivity contribution in [3.8, 4) is 0 Å². The van der Waals surface area contributed by atoms with Crippen LogP contribution >= 0.6 is 0 Å². The number of hydrogen-bond donors (Lipinski definition) is 1. The van der Waals surface area contributed by atoms with Crippen molar-refractivity contribution in [2.45, 2.75) is 51.1 Å². The highest BCUT2D eigenvalue weighted by atomic mass is 15.3. The van der Waals surface area contributed by atoms with Gasteiger partial charge in [0.15, 0.2) is 0 Å². The number of piperazine rings is 1. The van der Waals surface area contributed by atoms with E-state index in [4.69, 9.17) is 0 Å². The number of nitrogens with zero attached hydrogens (tertiary/aromatic N) is 2. The number of rotatable bonds is 5. The van der Waals surface area contributed by atoms with Crippen LogP contribution in [0.15, 0.2) is 24.3 Å². The van der Waals surface area contributed by atoms with E-state index in [1.165, 1.54) is 44.6 Å². The van der Waals surface area contributed by atoms with E-state index in [0.717, 1.165) is 18.5 Å². The fraction of sp³-hybridized carbons (Fsp3) is 0.700. The van der Waals surface area contributed by atoms with Gasteiger partial charge in [0.25, 0.3) is 0 Å². The third-order valence-electron chi connectivity index (χ3n) is 6.02. The maximum atomic E-state index is 3.77. The molecule has 1 heterocycles. The molecule has 1 aliphatic heterocycles. The third-order valence-corrected chi connectivity index (χ3v) is 6.02. The molecule has 1 saturated heterocycles. The normalized spacial score (nSPS) is 28.5. The molecule has 3 nitrogen and oxygen atoms in total. The number of nitrogens with one attached hydrogen (secondary N) is 1. The van der Waals surface area contributed by atoms with E-state index in [9.17, 15) is 0 Å². The van der Waals surface area contributed by atoms with Crippen LogP contribution < -0.4 is 5.32 Å². The highest BCUT2D eigenvalue weighted by molar-refractivity contribution is 5.31. The molecule has 0 amide bonds. The molecule has 2 aliphatic rings. The Labute approximate surface area is 142 Å². The quantitative estimate of drug-likeness (QED) is 0.901. The molecule has 1 aromatic carbocycles. The lowest BCUT2D eigenvalue weighted by molar-refractivity contribution is 0.0398. The average molecular weight is 316 g/mol. The first-order valence-electron chi connectivity index (χ1n) is 9.18. The van der Waals surface area contributed by atoms with Crippen molar-refractivity contribution in [3.63, 3.8) is 0 Å². The molecule has 0 atom stereocenters. The summed E-state index contributed by atoms with van der Waals surface area (Å²) in [6, 6.07) is 9.59. The van der Waals surface area contributed by atoms with Gasteiger partial charge in [-0.3, -0.25) is 9.80 Å². The van der Waals surface area contributed by atoms with Crippen molar-refractivity contribution in [3.05, 3.63) is 35.4 Å². The molecule has 0 aromatic heterocycles. The van der Waals surface area contributed by atoms with Gasteiger partial charge in [-0.05, 0) is 57.7 Å². The van der Waals surface area contributed by atoms with E-state index in [-0.39, 0.29) is 0 Å². The Morgan fingerprint density at radius 3 is 2.61 bits per heavy atom. The first-order valence-corrected chi connectivity index (χ1v) is 9.18. The molecule has 3 rings (SSSR count). The Kier molecular flexibility index (Phi) is 5.10. The summed E-state index contributed by atoms with van der Waals surface area (Å²) < 4.78 is 0. The minimum absolute atomic E-state index is 0.310. The SMILES string of the molecule is Cc1ccccc1C1CC(NCCN2CCN(C)C(C)(C)C2)C1. The molecule has 0 bridgehead atoms. The van der Waals surface area contributed by atoms with Gasteiger partial charge in [-0.2, -0.15) is 0 Å². The monoisotopic (exact) mass is 315 g/mol. The maximum absolute atomic E-state index is 3.77. The van der Waals surface area contributed by atoms with Crippen LogP contribution in [0.2, 0.25) is 0 Å². The van der Waals surface area contributed by atoms with Crippen molar-refractivity contribution >= 4 is 0 Å². The first kappa shape index (κ1) is 16.9. The highest BCUT2D eigenvalue weighted by Crippen LogP contribution is 2.38. The smallest absolute Gasteiger partial charge is 0.0277 e. The fourth-order valence-electron chi connectivity index (χ4n) is 4.04. The molecule has 0 radical (unpaired) electrons. The molecular formula is C20H33N3. The third kappa shape index (κ3) is 3.96. The predicted octanol–water partition coefficient (Wildman–Crippen LogP) is 2.86. The molecule has 128 valence electrons. The first-order chi connectivity index (χ1) is 11.0. The van der Waals surface area contributed by atoms with Crippen LogP contribution in [0.4, 0.5) is 0 Å². The van der Waals surface area contributed by atoms with Gasteiger partial charge < -0.3 is 5.32 Å². The molecule has 2 fully saturated rings. The number of benzene rings is 1. The summed E-state index contributed by atoms with van der Waals surface area (Å²) in [4.78, 5) is 5.10. The molecule has 1 aliphatic carbocycles. The zero-order valence-electron chi connectivity index (χ0n) is 15.3. The van der Waals surface area contributed by atoms with Crippen LogP contribution in [-0.2, 0) is 0 Å². The van der Waals surface area contributed by atoms with Gasteiger partial charge in [-0.1, -0.05) is 24.3 Å². The molecule has 0 spiro atoms. The van der Waals surface area contributed by atoms with Crippen molar-refractivity contribution in [1.82, 2.24) is 15.1 Å². The zero-order chi connectivity index (χ0) is 16.4. The van der Waals surface area contributed by atoms with Crippen LogP contribution in [0.1, 0.15) is 43.7 Å². The summed E-state index contributed by atoms with van der Waals surface area (Å²) in [6.45, 7) is 12.8. The predicted molar refractivity (Wildman–Crippen MR) is 98.1 cm³/mol. The van der Waals surface area contributed by atoms with Crippen LogP contribution in [0.25, 0.3) is 0 Å². The van der Waals surface area contributed by atoms with E-state index >= 15 is 0 Å². The second-order valence-corrected chi connectivity index (χ2v) is 8.19. The van der Waals surface area contributed by atoms with E-state index in [2.05, 4.69) is 67.2 Å². The van der Waals surface area contributed by atoms with Crippen LogP contribution in [0, 0.1) is 6.92 Å². The molecule has 0 unspecified atom stereocenters. The molecular weight excluding hydrogens is 282 g/mol. The Morgan fingerprint density at radius 1 is 1.17 bits per heavy atom. The topological polar surface area (TPSA) is 18.5 Å². The lowest BCUT2D eigenvalue weighted by Crippen LogP contribution is -2.58. The van der Waals surface area contributed by atoms with Gasteiger partial charge in [0.05, 0.1) is 0 Å². The second-order valence-electron chi connectivity index (χ2n) is 8.19. The lowest BCUT2D eigenvalue weighted by Gasteiger charge is -2.45. The summed E-state index contributed by atoms with van der Waals surface area (Å²) in [7, 11) is 2.25. The number of likely N-dealkylation sites (N-methyl/N-ethyl adjacent to an activating group) is 1. The summed E-state index contributed by atoms with van der Waals surface area (Å²) in [5, 5.41) is 3.77. The van der Waals surface area contributed by atoms with Crippen LogP contribution in [0.5, 0.6) is 0 Å². The molecule has 3 heteroatoms. The largest absolute Gasteiger partial charge is 0.313 e. The molecule has 1 aromatic rings. The van der Waals surface area contributed by atoms with Crippen LogP contribution in [0.3, 0.4) is 0 Å². The van der Waals surface area contributed by atoms with Gasteiger partial charge in [-0.25, -0.2) is 0 Å². The summed E-state index contributed by atoms with van der Waals surface area (Å²) in [5.74, 6) is 0.774. The Balaban J connectivity index is 1.36. The van der Waals surface area contributed by atoms with Crippen molar-refractivity contribution in [2.24, 2.45) is 0 Å². The lowest BCUT2D eigenvalue weighted by atomic mass is 9.74. The van der Waals surface area contributed by atoms with Crippen LogP contribution in [-0.4, -0.2) is 61.2 Å². The van der Waals surface area contributed by atoms with Gasteiger partial charge in [0.2, 0.25) is 0 Å². The maximum Gasteiger partial charge on any atom is 0.0277 e. The fourth-order valence-corrected chi connectivity index (χ4v) is 4.04. The second kappa shape index (κ2) is 6.92. The molecule has 1 saturated carbocycles. The number of aryl methyl sites for hydroxylation is 1. The number of hydrogen-bond acceptors (Lipinski definition) is 3. The zero-order valence-corrected chi connectivity index (χ0v) is 15.3. The van der Waals surface area contributed by atoms with Gasteiger partial charge in [-0.15, -0.1) is 0 Å². The molecule has 23 heavy (non-hydrogen) atoms. The minimum Gasteiger partial charge on any atom is -0.313 e. The average Bonchev–Trinajstić information content (AvgIpc) is 2.46. The standard InChI is InChI=1S/C20H33N3/c1-16-7-5-6-8-19(16)17-13-18(14-17)21-9-10-23-12-11-22(4)20(2,3)15-23/h5-8,17-18,21H,9-15H2,1-4H3. The summed E-state index contributed by atoms with van der Waals surface area (Å²) in [5.41, 5.74) is 3.33. The van der Waals surface area contributed by atoms with Gasteiger partial charge >= 0.3 is 0 Å². The minimum atomic E-state index is 0.310. The Morgan fingerprint density at radius 2 is 1.91 bits per heavy atom. The van der Waals surface area contributed by atoms with Crippen molar-refractivity contribution in [1.29, 1.82) is 0 Å². The summed E-state index contributed by atoms with van der Waals surface area (Å²) in [6.07, 6.45) is 2.61. The van der Waals surface area contributed by atoms with Crippen molar-refractivity contribution in [2.75, 3.05) is 39.8 Å². The van der Waals surface area contributed by atoms with E-state index in [1.807, 2.05) is 0 Å². The molecule has 1 N–H and O–H groups in total. The van der Waals surface area contributed by atoms with E-state index in [1.54, 1.807) is 5.56 Å².